The summed E-state index contributed by atoms with van der Waals surface area (Å²) in [4.78, 5) is 4.78. The van der Waals surface area contributed by atoms with E-state index in [9.17, 15) is 0 Å². The fraction of sp³-hybridized carbons (Fsp3) is 0.111. The molecule has 2 aliphatic rings. The lowest BCUT2D eigenvalue weighted by Gasteiger charge is -2.36. The lowest BCUT2D eigenvalue weighted by molar-refractivity contribution is 0.530. The number of hydrogen-bond acceptors (Lipinski definition) is 2. The van der Waals surface area contributed by atoms with Crippen LogP contribution in [0.2, 0.25) is 0 Å². The molecule has 0 amide bonds. The maximum absolute atomic E-state index is 2.47. The van der Waals surface area contributed by atoms with Gasteiger partial charge >= 0.3 is 0 Å². The van der Waals surface area contributed by atoms with E-state index in [4.69, 9.17) is 0 Å². The number of benzene rings is 9. The van der Waals surface area contributed by atoms with E-state index in [0.29, 0.717) is 0 Å². The van der Waals surface area contributed by atoms with E-state index in [0.717, 1.165) is 53.4 Å². The van der Waals surface area contributed by atoms with Crippen LogP contribution in [-0.4, -0.2) is 0 Å². The topological polar surface area (TPSA) is 6.48 Å². The second kappa shape index (κ2) is 16.8. The van der Waals surface area contributed by atoms with E-state index in [1.807, 2.05) is 0 Å². The number of fused-ring (bicyclic) bond motifs is 3. The monoisotopic (exact) mass is 836 g/mol. The van der Waals surface area contributed by atoms with E-state index >= 15 is 0 Å². The van der Waals surface area contributed by atoms with Crippen molar-refractivity contribution >= 4 is 34.1 Å². The van der Waals surface area contributed by atoms with Crippen LogP contribution < -0.4 is 9.80 Å². The molecule has 0 N–H and O–H groups in total. The fourth-order valence-corrected chi connectivity index (χ4v) is 10.6. The van der Waals surface area contributed by atoms with Gasteiger partial charge < -0.3 is 9.80 Å². The van der Waals surface area contributed by atoms with Gasteiger partial charge in [-0.05, 0) is 148 Å². The average Bonchev–Trinajstić information content (AvgIpc) is 3.61. The van der Waals surface area contributed by atoms with Crippen LogP contribution >= 0.6 is 0 Å². The summed E-state index contributed by atoms with van der Waals surface area (Å²) < 4.78 is 0. The van der Waals surface area contributed by atoms with Crippen molar-refractivity contribution in [2.75, 3.05) is 9.80 Å². The number of allylic oxidation sites excluding steroid dienone is 2. The Morgan fingerprint density at radius 1 is 0.369 bits per heavy atom. The van der Waals surface area contributed by atoms with E-state index < -0.39 is 0 Å². The Kier molecular flexibility index (Phi) is 10.4. The summed E-state index contributed by atoms with van der Waals surface area (Å²) in [5, 5.41) is 0. The maximum Gasteiger partial charge on any atom is 0.0465 e. The van der Waals surface area contributed by atoms with Crippen molar-refractivity contribution in [2.45, 2.75) is 43.9 Å². The number of anilines is 6. The Hall–Kier alpha value is -7.68. The SMILES string of the molecule is CC1(C)c2cc(N(c3ccccc3)c3ccc(C4(c5ccc(N(c6ccccc6)c6ccc(-c7ccccc7)cc6)cc5)C=CCCC4)cc3)ccc2-c2c(-c3ccccc3)cccc21. The lowest BCUT2D eigenvalue weighted by atomic mass is 9.69. The molecular weight excluding hydrogens is 785 g/mol. The summed E-state index contributed by atoms with van der Waals surface area (Å²) in [5.74, 6) is 0. The molecule has 65 heavy (non-hydrogen) atoms. The van der Waals surface area contributed by atoms with Gasteiger partial charge in [0.15, 0.2) is 0 Å². The molecule has 314 valence electrons. The highest BCUT2D eigenvalue weighted by atomic mass is 15.1. The highest BCUT2D eigenvalue weighted by molar-refractivity contribution is 5.94. The Balaban J connectivity index is 0.944. The summed E-state index contributed by atoms with van der Waals surface area (Å²) in [6.45, 7) is 4.76. The molecule has 0 heterocycles. The highest BCUT2D eigenvalue weighted by Crippen LogP contribution is 2.54. The molecule has 1 unspecified atom stereocenters. The van der Waals surface area contributed by atoms with Crippen LogP contribution in [0.1, 0.15) is 55.4 Å². The van der Waals surface area contributed by atoms with Gasteiger partial charge in [0.25, 0.3) is 0 Å². The molecule has 0 aliphatic heterocycles. The van der Waals surface area contributed by atoms with Crippen LogP contribution in [0.5, 0.6) is 0 Å². The molecular formula is C63H52N2. The van der Waals surface area contributed by atoms with Crippen molar-refractivity contribution in [3.05, 3.63) is 265 Å². The normalized spacial score (nSPS) is 15.8. The predicted molar refractivity (Wildman–Crippen MR) is 274 cm³/mol. The summed E-state index contributed by atoms with van der Waals surface area (Å²) in [5.41, 5.74) is 19.4. The largest absolute Gasteiger partial charge is 0.311 e. The van der Waals surface area contributed by atoms with Gasteiger partial charge in [-0.2, -0.15) is 0 Å². The van der Waals surface area contributed by atoms with Gasteiger partial charge in [-0.25, -0.2) is 0 Å². The van der Waals surface area contributed by atoms with Crippen LogP contribution in [0.25, 0.3) is 33.4 Å². The van der Waals surface area contributed by atoms with E-state index in [-0.39, 0.29) is 10.8 Å². The van der Waals surface area contributed by atoms with Crippen LogP contribution in [0.4, 0.5) is 34.1 Å². The zero-order valence-electron chi connectivity index (χ0n) is 37.1. The first kappa shape index (κ1) is 40.1. The summed E-state index contributed by atoms with van der Waals surface area (Å²) in [6.07, 6.45) is 8.15. The smallest absolute Gasteiger partial charge is 0.0465 e. The molecule has 0 spiro atoms. The second-order valence-corrected chi connectivity index (χ2v) is 18.1. The molecule has 11 rings (SSSR count). The molecule has 0 saturated heterocycles. The van der Waals surface area contributed by atoms with Crippen molar-refractivity contribution in [2.24, 2.45) is 0 Å². The molecule has 9 aromatic rings. The van der Waals surface area contributed by atoms with Gasteiger partial charge in [-0.1, -0.05) is 184 Å². The van der Waals surface area contributed by atoms with E-state index in [1.54, 1.807) is 0 Å². The maximum atomic E-state index is 2.47. The van der Waals surface area contributed by atoms with Gasteiger partial charge in [0, 0.05) is 45.0 Å². The highest BCUT2D eigenvalue weighted by Gasteiger charge is 2.38. The van der Waals surface area contributed by atoms with E-state index in [2.05, 4.69) is 266 Å². The minimum Gasteiger partial charge on any atom is -0.311 e. The summed E-state index contributed by atoms with van der Waals surface area (Å²) >= 11 is 0. The van der Waals surface area contributed by atoms with Gasteiger partial charge in [0.05, 0.1) is 0 Å². The minimum atomic E-state index is -0.234. The van der Waals surface area contributed by atoms with Crippen LogP contribution in [-0.2, 0) is 10.8 Å². The predicted octanol–water partition coefficient (Wildman–Crippen LogP) is 17.3. The van der Waals surface area contributed by atoms with Gasteiger partial charge in [-0.3, -0.25) is 0 Å². The first-order chi connectivity index (χ1) is 32.0. The summed E-state index contributed by atoms with van der Waals surface area (Å²) in [7, 11) is 0. The number of para-hydroxylation sites is 2. The Bertz CT molecular complexity index is 3100. The molecule has 2 heteroatoms. The van der Waals surface area contributed by atoms with Crippen molar-refractivity contribution in [3.63, 3.8) is 0 Å². The Morgan fingerprint density at radius 2 is 0.831 bits per heavy atom. The minimum absolute atomic E-state index is 0.155. The van der Waals surface area contributed by atoms with Gasteiger partial charge in [0.2, 0.25) is 0 Å². The molecule has 9 aromatic carbocycles. The third kappa shape index (κ3) is 7.26. The quantitative estimate of drug-likeness (QED) is 0.127. The third-order valence-electron chi connectivity index (χ3n) is 13.9. The average molecular weight is 837 g/mol. The lowest BCUT2D eigenvalue weighted by Crippen LogP contribution is -2.27. The molecule has 1 atom stereocenters. The number of hydrogen-bond donors (Lipinski definition) is 0. The molecule has 0 radical (unpaired) electrons. The third-order valence-corrected chi connectivity index (χ3v) is 13.9. The molecule has 0 saturated carbocycles. The van der Waals surface area contributed by atoms with Crippen LogP contribution in [0.3, 0.4) is 0 Å². The molecule has 0 bridgehead atoms. The van der Waals surface area contributed by atoms with Crippen LogP contribution in [0, 0.1) is 0 Å². The second-order valence-electron chi connectivity index (χ2n) is 18.1. The van der Waals surface area contributed by atoms with Gasteiger partial charge in [0.1, 0.15) is 0 Å². The zero-order valence-corrected chi connectivity index (χ0v) is 37.1. The first-order valence-electron chi connectivity index (χ1n) is 23.1. The van der Waals surface area contributed by atoms with E-state index in [1.165, 1.54) is 55.6 Å². The van der Waals surface area contributed by atoms with Crippen LogP contribution in [0.15, 0.2) is 243 Å². The molecule has 2 nitrogen and oxygen atoms in total. The Labute approximate surface area is 384 Å². The molecule has 0 fully saturated rings. The molecule has 2 aliphatic carbocycles. The summed E-state index contributed by atoms with van der Waals surface area (Å²) in [6, 6.07) is 84.5. The molecule has 0 aromatic heterocycles. The first-order valence-corrected chi connectivity index (χ1v) is 23.1. The van der Waals surface area contributed by atoms with Crippen molar-refractivity contribution in [3.8, 4) is 33.4 Å². The number of rotatable bonds is 10. The number of nitrogens with zero attached hydrogens (tertiary/aromatic N) is 2. The Morgan fingerprint density at radius 3 is 1.37 bits per heavy atom. The van der Waals surface area contributed by atoms with Crippen molar-refractivity contribution < 1.29 is 0 Å². The van der Waals surface area contributed by atoms with Gasteiger partial charge in [-0.15, -0.1) is 0 Å². The standard InChI is InChI=1S/C63H52N2/c1-62(2)59-28-18-27-57(48-21-10-4-11-22-48)61(59)58-42-41-56(45-60(58)62)65(52-25-14-6-15-26-52)55-39-33-50(34-40-55)63(43-16-7-17-44-63)49-31-37-54(38-32-49)64(51-23-12-5-13-24-51)53-35-29-47(30-36-53)46-19-8-3-9-20-46/h3-6,8-16,18-43,45H,7,17,44H2,1-2H3. The van der Waals surface area contributed by atoms with Crippen molar-refractivity contribution in [1.82, 2.24) is 0 Å². The van der Waals surface area contributed by atoms with Crippen molar-refractivity contribution in [1.29, 1.82) is 0 Å². The fourth-order valence-electron chi connectivity index (χ4n) is 10.6. The zero-order chi connectivity index (χ0) is 43.8.